The molecule has 22 heavy (non-hydrogen) atoms. The maximum absolute atomic E-state index is 12.3. The number of nitrogens with two attached hydrogens (primary N) is 1. The molecule has 2 heterocycles. The lowest BCUT2D eigenvalue weighted by Crippen LogP contribution is -2.14. The van der Waals surface area contributed by atoms with Crippen LogP contribution in [0.5, 0.6) is 0 Å². The van der Waals surface area contributed by atoms with Gasteiger partial charge in [0.15, 0.2) is 0 Å². The molecule has 2 aromatic heterocycles. The largest absolute Gasteiger partial charge is 0.330 e. The number of nitrogens with zero attached hydrogens (tertiary/aromatic N) is 4. The van der Waals surface area contributed by atoms with Crippen LogP contribution in [-0.2, 0) is 6.42 Å². The molecule has 0 spiro atoms. The van der Waals surface area contributed by atoms with Crippen LogP contribution in [0.3, 0.4) is 0 Å². The minimum atomic E-state index is -0.242. The maximum atomic E-state index is 12.3. The van der Waals surface area contributed by atoms with E-state index in [2.05, 4.69) is 20.5 Å². The molecule has 0 bridgehead atoms. The maximum Gasteiger partial charge on any atom is 0.258 e. The number of hydrogen-bond donors (Lipinski definition) is 2. The smallest absolute Gasteiger partial charge is 0.258 e. The average Bonchev–Trinajstić information content (AvgIpc) is 2.90. The van der Waals surface area contributed by atoms with E-state index in [9.17, 15) is 4.79 Å². The molecule has 7 nitrogen and oxygen atoms in total. The Bertz CT molecular complexity index is 809. The van der Waals surface area contributed by atoms with Gasteiger partial charge in [-0.3, -0.25) is 14.5 Å². The van der Waals surface area contributed by atoms with Gasteiger partial charge in [0.05, 0.1) is 0 Å². The quantitative estimate of drug-likeness (QED) is 0.753. The van der Waals surface area contributed by atoms with Crippen LogP contribution in [0.25, 0.3) is 5.78 Å². The second-order valence-electron chi connectivity index (χ2n) is 4.95. The Morgan fingerprint density at radius 2 is 2.00 bits per heavy atom. The summed E-state index contributed by atoms with van der Waals surface area (Å²) in [6.07, 6.45) is 2.57. The number of aryl methyl sites for hydroxylation is 1. The molecule has 3 aromatic rings. The average molecular weight is 296 g/mol. The molecule has 3 N–H and O–H groups in total. The van der Waals surface area contributed by atoms with Crippen LogP contribution in [-0.4, -0.2) is 32.0 Å². The standard InChI is InChI=1S/C15H16N6O/c1-10-7-9-21-14(17-10)19-20-15(21)18-13(22)12-4-2-11(3-5-12)6-8-16/h2-5,7,9H,6,8,16H2,1H3,(H,18,20,22). The Morgan fingerprint density at radius 3 is 2.73 bits per heavy atom. The lowest BCUT2D eigenvalue weighted by molar-refractivity contribution is 0.102. The van der Waals surface area contributed by atoms with E-state index in [1.165, 1.54) is 0 Å². The van der Waals surface area contributed by atoms with Crippen molar-refractivity contribution < 1.29 is 4.79 Å². The van der Waals surface area contributed by atoms with Crippen molar-refractivity contribution in [3.05, 3.63) is 53.3 Å². The zero-order valence-corrected chi connectivity index (χ0v) is 12.2. The van der Waals surface area contributed by atoms with Crippen LogP contribution in [0, 0.1) is 6.92 Å². The lowest BCUT2D eigenvalue weighted by Gasteiger charge is -2.04. The Balaban J connectivity index is 1.80. The third kappa shape index (κ3) is 2.79. The molecule has 7 heteroatoms. The number of fused-ring (bicyclic) bond motifs is 1. The number of carbonyl (C=O) groups is 1. The molecule has 1 aromatic carbocycles. The van der Waals surface area contributed by atoms with Crippen LogP contribution in [0.15, 0.2) is 36.5 Å². The van der Waals surface area contributed by atoms with Gasteiger partial charge in [0.1, 0.15) is 0 Å². The zero-order valence-electron chi connectivity index (χ0n) is 12.2. The van der Waals surface area contributed by atoms with Crippen LogP contribution in [0.1, 0.15) is 21.6 Å². The second-order valence-corrected chi connectivity index (χ2v) is 4.95. The van der Waals surface area contributed by atoms with Crippen molar-refractivity contribution >= 4 is 17.6 Å². The number of carbonyl (C=O) groups excluding carboxylic acids is 1. The zero-order chi connectivity index (χ0) is 15.5. The van der Waals surface area contributed by atoms with Gasteiger partial charge >= 0.3 is 0 Å². The molecule has 0 aliphatic carbocycles. The lowest BCUT2D eigenvalue weighted by atomic mass is 10.1. The van der Waals surface area contributed by atoms with Crippen LogP contribution in [0.2, 0.25) is 0 Å². The molecular formula is C15H16N6O. The van der Waals surface area contributed by atoms with E-state index >= 15 is 0 Å². The molecule has 0 saturated heterocycles. The summed E-state index contributed by atoms with van der Waals surface area (Å²) in [7, 11) is 0. The minimum Gasteiger partial charge on any atom is -0.330 e. The number of rotatable bonds is 4. The summed E-state index contributed by atoms with van der Waals surface area (Å²) < 4.78 is 1.63. The summed E-state index contributed by atoms with van der Waals surface area (Å²) in [5.41, 5.74) is 8.01. The molecule has 0 aliphatic rings. The number of aromatic nitrogens is 4. The summed E-state index contributed by atoms with van der Waals surface area (Å²) in [4.78, 5) is 16.5. The molecular weight excluding hydrogens is 280 g/mol. The summed E-state index contributed by atoms with van der Waals surface area (Å²) in [5, 5.41) is 10.6. The molecule has 0 saturated carbocycles. The first-order valence-electron chi connectivity index (χ1n) is 6.96. The Hall–Kier alpha value is -2.80. The fourth-order valence-electron chi connectivity index (χ4n) is 2.12. The van der Waals surface area contributed by atoms with Gasteiger partial charge in [0, 0.05) is 17.5 Å². The van der Waals surface area contributed by atoms with E-state index in [-0.39, 0.29) is 5.91 Å². The van der Waals surface area contributed by atoms with Crippen LogP contribution < -0.4 is 11.1 Å². The fourth-order valence-corrected chi connectivity index (χ4v) is 2.12. The number of anilines is 1. The highest BCUT2D eigenvalue weighted by Gasteiger charge is 2.11. The summed E-state index contributed by atoms with van der Waals surface area (Å²) >= 11 is 0. The van der Waals surface area contributed by atoms with Crippen molar-refractivity contribution in [3.8, 4) is 0 Å². The third-order valence-electron chi connectivity index (χ3n) is 3.29. The first kappa shape index (κ1) is 14.2. The van der Waals surface area contributed by atoms with E-state index in [0.29, 0.717) is 23.8 Å². The number of benzene rings is 1. The van der Waals surface area contributed by atoms with Crippen molar-refractivity contribution in [3.63, 3.8) is 0 Å². The van der Waals surface area contributed by atoms with E-state index in [1.54, 1.807) is 22.7 Å². The van der Waals surface area contributed by atoms with Gasteiger partial charge in [0.2, 0.25) is 5.95 Å². The number of amides is 1. The molecule has 112 valence electrons. The SMILES string of the molecule is Cc1ccn2c(NC(=O)c3ccc(CCN)cc3)nnc2n1. The van der Waals surface area contributed by atoms with Gasteiger partial charge in [-0.1, -0.05) is 12.1 Å². The Kier molecular flexibility index (Phi) is 3.80. The van der Waals surface area contributed by atoms with E-state index < -0.39 is 0 Å². The first-order chi connectivity index (χ1) is 10.7. The Morgan fingerprint density at radius 1 is 1.23 bits per heavy atom. The van der Waals surface area contributed by atoms with E-state index in [0.717, 1.165) is 17.7 Å². The van der Waals surface area contributed by atoms with E-state index in [1.807, 2.05) is 25.1 Å². The minimum absolute atomic E-state index is 0.242. The summed E-state index contributed by atoms with van der Waals surface area (Å²) in [6.45, 7) is 2.46. The number of hydrogen-bond acceptors (Lipinski definition) is 5. The second kappa shape index (κ2) is 5.90. The highest BCUT2D eigenvalue weighted by molar-refractivity contribution is 6.03. The molecule has 0 atom stereocenters. The van der Waals surface area contributed by atoms with Crippen LogP contribution >= 0.6 is 0 Å². The third-order valence-corrected chi connectivity index (χ3v) is 3.29. The Labute approximate surface area is 127 Å². The van der Waals surface area contributed by atoms with Crippen LogP contribution in [0.4, 0.5) is 5.95 Å². The normalized spacial score (nSPS) is 10.8. The monoisotopic (exact) mass is 296 g/mol. The van der Waals surface area contributed by atoms with Crippen molar-refractivity contribution in [1.82, 2.24) is 19.6 Å². The van der Waals surface area contributed by atoms with Crippen molar-refractivity contribution in [2.45, 2.75) is 13.3 Å². The summed E-state index contributed by atoms with van der Waals surface area (Å²) in [5.74, 6) is 0.557. The first-order valence-corrected chi connectivity index (χ1v) is 6.96. The predicted octanol–water partition coefficient (Wildman–Crippen LogP) is 1.19. The van der Waals surface area contributed by atoms with Gasteiger partial charge in [-0.05, 0) is 43.7 Å². The van der Waals surface area contributed by atoms with Crippen molar-refractivity contribution in [2.75, 3.05) is 11.9 Å². The van der Waals surface area contributed by atoms with Gasteiger partial charge in [-0.2, -0.15) is 0 Å². The van der Waals surface area contributed by atoms with Gasteiger partial charge < -0.3 is 5.73 Å². The van der Waals surface area contributed by atoms with Gasteiger partial charge in [0.25, 0.3) is 11.7 Å². The predicted molar refractivity (Wildman–Crippen MR) is 82.7 cm³/mol. The molecule has 0 radical (unpaired) electrons. The fraction of sp³-hybridized carbons (Fsp3) is 0.200. The van der Waals surface area contributed by atoms with Gasteiger partial charge in [-0.25, -0.2) is 4.98 Å². The van der Waals surface area contributed by atoms with Crippen molar-refractivity contribution in [1.29, 1.82) is 0 Å². The molecule has 0 fully saturated rings. The molecule has 0 aliphatic heterocycles. The van der Waals surface area contributed by atoms with Gasteiger partial charge in [-0.15, -0.1) is 10.2 Å². The topological polar surface area (TPSA) is 98.2 Å². The van der Waals surface area contributed by atoms with Crippen molar-refractivity contribution in [2.24, 2.45) is 5.73 Å². The summed E-state index contributed by atoms with van der Waals surface area (Å²) in [6, 6.07) is 9.16. The number of nitrogens with one attached hydrogen (secondary N) is 1. The molecule has 3 rings (SSSR count). The molecule has 1 amide bonds. The highest BCUT2D eigenvalue weighted by atomic mass is 16.1. The molecule has 0 unspecified atom stereocenters. The highest BCUT2D eigenvalue weighted by Crippen LogP contribution is 2.10. The van der Waals surface area contributed by atoms with E-state index in [4.69, 9.17) is 5.73 Å².